The van der Waals surface area contributed by atoms with Crippen molar-refractivity contribution in [3.63, 3.8) is 0 Å². The van der Waals surface area contributed by atoms with E-state index >= 15 is 0 Å². The second kappa shape index (κ2) is 16.4. The highest BCUT2D eigenvalue weighted by molar-refractivity contribution is 7.26. The van der Waals surface area contributed by atoms with Crippen molar-refractivity contribution in [1.29, 1.82) is 0 Å². The van der Waals surface area contributed by atoms with E-state index in [1.807, 2.05) is 23.5 Å². The maximum Gasteiger partial charge on any atom is 0.164 e. The van der Waals surface area contributed by atoms with Gasteiger partial charge in [-0.15, -0.1) is 11.3 Å². The summed E-state index contributed by atoms with van der Waals surface area (Å²) in [5.41, 5.74) is 14.2. The van der Waals surface area contributed by atoms with Crippen LogP contribution in [0.25, 0.3) is 121 Å². The Morgan fingerprint density at radius 1 is 0.231 bits per heavy atom. The minimum Gasteiger partial charge on any atom is -0.208 e. The predicted octanol–water partition coefficient (Wildman–Crippen LogP) is 16.7. The normalized spacial score (nSPS) is 11.4. The predicted molar refractivity (Wildman–Crippen MR) is 274 cm³/mol. The second-order valence-electron chi connectivity index (χ2n) is 16.3. The molecule has 0 unspecified atom stereocenters. The molecule has 3 nitrogen and oxygen atoms in total. The van der Waals surface area contributed by atoms with Crippen LogP contribution < -0.4 is 0 Å². The highest BCUT2D eigenvalue weighted by Gasteiger charge is 2.19. The number of rotatable bonds is 8. The Morgan fingerprint density at radius 3 is 1.29 bits per heavy atom. The van der Waals surface area contributed by atoms with Gasteiger partial charge in [0.2, 0.25) is 0 Å². The molecule has 0 saturated carbocycles. The molecule has 0 atom stereocenters. The Balaban J connectivity index is 0.968. The fourth-order valence-electron chi connectivity index (χ4n) is 9.29. The largest absolute Gasteiger partial charge is 0.208 e. The van der Waals surface area contributed by atoms with Gasteiger partial charge in [0.25, 0.3) is 0 Å². The van der Waals surface area contributed by atoms with Crippen LogP contribution in [-0.2, 0) is 0 Å². The maximum absolute atomic E-state index is 5.26. The molecule has 0 radical (unpaired) electrons. The minimum atomic E-state index is 0.615. The van der Waals surface area contributed by atoms with Crippen molar-refractivity contribution in [3.8, 4) is 89.8 Å². The van der Waals surface area contributed by atoms with Gasteiger partial charge in [0.1, 0.15) is 0 Å². The van der Waals surface area contributed by atoms with Gasteiger partial charge in [-0.2, -0.15) is 0 Å². The van der Waals surface area contributed by atoms with Gasteiger partial charge in [-0.05, 0) is 79.0 Å². The van der Waals surface area contributed by atoms with Crippen LogP contribution in [0.4, 0.5) is 0 Å². The Bertz CT molecular complexity index is 3620. The molecule has 0 spiro atoms. The summed E-state index contributed by atoms with van der Waals surface area (Å²) in [6, 6.07) is 84.0. The molecule has 304 valence electrons. The van der Waals surface area contributed by atoms with Crippen molar-refractivity contribution >= 4 is 42.3 Å². The maximum atomic E-state index is 5.26. The second-order valence-corrected chi connectivity index (χ2v) is 17.3. The summed E-state index contributed by atoms with van der Waals surface area (Å²) in [6.45, 7) is 0. The molecular weight excluding hydrogens is 807 g/mol. The topological polar surface area (TPSA) is 38.7 Å². The van der Waals surface area contributed by atoms with Crippen LogP contribution >= 0.6 is 11.3 Å². The standard InChI is InChI=1S/C61H39N3S/c1-3-18-40(19-4-1)46-26-7-11-31-55(46)60-62-59(63-61(64-60)56-32-12-8-27-47(56)41-20-5-2-6-21-41)45-25-16-23-43(39-45)42-22-15-24-44(38-42)48-36-37-51(50-29-10-9-28-49(48)50)53-33-17-34-54-52-30-13-14-35-57(52)65-58(53)54/h1-39H. The van der Waals surface area contributed by atoms with Gasteiger partial charge in [-0.3, -0.25) is 0 Å². The Labute approximate surface area is 381 Å². The van der Waals surface area contributed by atoms with Crippen molar-refractivity contribution in [2.45, 2.75) is 0 Å². The summed E-state index contributed by atoms with van der Waals surface area (Å²) in [6.07, 6.45) is 0. The lowest BCUT2D eigenvalue weighted by atomic mass is 9.90. The number of aromatic nitrogens is 3. The summed E-state index contributed by atoms with van der Waals surface area (Å²) in [5, 5.41) is 5.09. The first-order valence-electron chi connectivity index (χ1n) is 21.9. The molecule has 2 aromatic heterocycles. The molecule has 2 heterocycles. The zero-order valence-corrected chi connectivity index (χ0v) is 36.1. The van der Waals surface area contributed by atoms with E-state index in [0.717, 1.165) is 55.6 Å². The summed E-state index contributed by atoms with van der Waals surface area (Å²) in [4.78, 5) is 15.8. The van der Waals surface area contributed by atoms with Crippen LogP contribution in [0.15, 0.2) is 237 Å². The summed E-state index contributed by atoms with van der Waals surface area (Å²) in [7, 11) is 0. The Kier molecular flexibility index (Phi) is 9.70. The first kappa shape index (κ1) is 38.4. The third-order valence-electron chi connectivity index (χ3n) is 12.4. The van der Waals surface area contributed by atoms with Crippen LogP contribution in [0.1, 0.15) is 0 Å². The fraction of sp³-hybridized carbons (Fsp3) is 0. The Hall–Kier alpha value is -8.31. The van der Waals surface area contributed by atoms with Crippen LogP contribution in [0, 0.1) is 0 Å². The zero-order chi connectivity index (χ0) is 43.1. The fourth-order valence-corrected chi connectivity index (χ4v) is 10.5. The number of thiophene rings is 1. The van der Waals surface area contributed by atoms with E-state index in [-0.39, 0.29) is 0 Å². The minimum absolute atomic E-state index is 0.615. The van der Waals surface area contributed by atoms with Gasteiger partial charge in [0, 0.05) is 42.4 Å². The van der Waals surface area contributed by atoms with Crippen molar-refractivity contribution in [2.75, 3.05) is 0 Å². The van der Waals surface area contributed by atoms with Crippen molar-refractivity contribution in [3.05, 3.63) is 237 Å². The molecule has 0 saturated heterocycles. The number of fused-ring (bicyclic) bond motifs is 4. The molecule has 0 bridgehead atoms. The third-order valence-corrected chi connectivity index (χ3v) is 13.6. The van der Waals surface area contributed by atoms with Crippen LogP contribution in [-0.4, -0.2) is 15.0 Å². The number of nitrogens with zero attached hydrogens (tertiary/aromatic N) is 3. The van der Waals surface area contributed by atoms with E-state index in [9.17, 15) is 0 Å². The van der Waals surface area contributed by atoms with E-state index in [0.29, 0.717) is 17.5 Å². The number of hydrogen-bond donors (Lipinski definition) is 0. The van der Waals surface area contributed by atoms with E-state index in [1.165, 1.54) is 47.6 Å². The number of benzene rings is 10. The van der Waals surface area contributed by atoms with E-state index in [1.54, 1.807) is 0 Å². The molecule has 0 aliphatic rings. The lowest BCUT2D eigenvalue weighted by Crippen LogP contribution is -2.02. The highest BCUT2D eigenvalue weighted by atomic mass is 32.1. The first-order chi connectivity index (χ1) is 32.2. The molecule has 0 N–H and O–H groups in total. The quantitative estimate of drug-likeness (QED) is 0.153. The van der Waals surface area contributed by atoms with Crippen LogP contribution in [0.2, 0.25) is 0 Å². The first-order valence-corrected chi connectivity index (χ1v) is 22.7. The zero-order valence-electron chi connectivity index (χ0n) is 35.3. The SMILES string of the molecule is c1ccc(-c2ccccc2-c2nc(-c3cccc(-c4cccc(-c5ccc(-c6cccc7c6sc6ccccc67)c6ccccc56)c4)c3)nc(-c3ccccc3-c3ccccc3)n2)cc1. The molecule has 0 amide bonds. The van der Waals surface area contributed by atoms with E-state index in [2.05, 4.69) is 224 Å². The Morgan fingerprint density at radius 2 is 0.646 bits per heavy atom. The van der Waals surface area contributed by atoms with Crippen LogP contribution in [0.3, 0.4) is 0 Å². The van der Waals surface area contributed by atoms with Crippen molar-refractivity contribution in [2.24, 2.45) is 0 Å². The molecule has 12 rings (SSSR count). The van der Waals surface area contributed by atoms with Gasteiger partial charge in [0.15, 0.2) is 17.5 Å². The monoisotopic (exact) mass is 845 g/mol. The van der Waals surface area contributed by atoms with Crippen molar-refractivity contribution < 1.29 is 0 Å². The van der Waals surface area contributed by atoms with Gasteiger partial charge in [-0.1, -0.05) is 218 Å². The molecule has 0 aliphatic carbocycles. The van der Waals surface area contributed by atoms with E-state index < -0.39 is 0 Å². The van der Waals surface area contributed by atoms with E-state index in [4.69, 9.17) is 15.0 Å². The molecule has 12 aromatic rings. The molecule has 65 heavy (non-hydrogen) atoms. The number of hydrogen-bond acceptors (Lipinski definition) is 4. The summed E-state index contributed by atoms with van der Waals surface area (Å²) < 4.78 is 2.64. The molecule has 0 aliphatic heterocycles. The average Bonchev–Trinajstić information content (AvgIpc) is 3.78. The highest BCUT2D eigenvalue weighted by Crippen LogP contribution is 2.44. The molecule has 4 heteroatoms. The van der Waals surface area contributed by atoms with Gasteiger partial charge >= 0.3 is 0 Å². The lowest BCUT2D eigenvalue weighted by Gasteiger charge is -2.15. The van der Waals surface area contributed by atoms with Crippen LogP contribution in [0.5, 0.6) is 0 Å². The summed E-state index contributed by atoms with van der Waals surface area (Å²) in [5.74, 6) is 1.86. The average molecular weight is 846 g/mol. The molecule has 0 fully saturated rings. The van der Waals surface area contributed by atoms with Crippen molar-refractivity contribution in [1.82, 2.24) is 15.0 Å². The van der Waals surface area contributed by atoms with Gasteiger partial charge in [-0.25, -0.2) is 15.0 Å². The molecule has 10 aromatic carbocycles. The van der Waals surface area contributed by atoms with Gasteiger partial charge < -0.3 is 0 Å². The summed E-state index contributed by atoms with van der Waals surface area (Å²) >= 11 is 1.88. The van der Waals surface area contributed by atoms with Gasteiger partial charge in [0.05, 0.1) is 0 Å². The smallest absolute Gasteiger partial charge is 0.164 e. The molecular formula is C61H39N3S. The third kappa shape index (κ3) is 7.07. The lowest BCUT2D eigenvalue weighted by molar-refractivity contribution is 1.07.